The Bertz CT molecular complexity index is 855. The van der Waals surface area contributed by atoms with E-state index in [1.807, 2.05) is 0 Å². The molecule has 1 amide bonds. The van der Waals surface area contributed by atoms with Crippen molar-refractivity contribution in [2.45, 2.75) is 52.0 Å². The number of imidazole rings is 1. The van der Waals surface area contributed by atoms with Crippen LogP contribution in [0.25, 0.3) is 5.65 Å². The van der Waals surface area contributed by atoms with Gasteiger partial charge in [-0.3, -0.25) is 9.69 Å². The molecule has 1 saturated carbocycles. The molecule has 2 aliphatic heterocycles. The van der Waals surface area contributed by atoms with Gasteiger partial charge in [0.2, 0.25) is 5.91 Å². The van der Waals surface area contributed by atoms with Gasteiger partial charge in [-0.25, -0.2) is 4.98 Å². The van der Waals surface area contributed by atoms with Crippen LogP contribution in [0.3, 0.4) is 0 Å². The van der Waals surface area contributed by atoms with Gasteiger partial charge < -0.3 is 9.30 Å². The second kappa shape index (κ2) is 6.62. The smallest absolute Gasteiger partial charge is 0.222 e. The number of likely N-dealkylation sites (tertiary alicyclic amines) is 2. The third kappa shape index (κ3) is 3.49. The van der Waals surface area contributed by atoms with E-state index in [9.17, 15) is 4.79 Å². The molecule has 4 heterocycles. The first kappa shape index (κ1) is 17.2. The summed E-state index contributed by atoms with van der Waals surface area (Å²) in [6.45, 7) is 7.27. The lowest BCUT2D eigenvalue weighted by Gasteiger charge is -2.48. The van der Waals surface area contributed by atoms with E-state index in [0.29, 0.717) is 11.3 Å². The van der Waals surface area contributed by atoms with Crippen LogP contribution in [0.15, 0.2) is 24.5 Å². The van der Waals surface area contributed by atoms with Crippen molar-refractivity contribution in [2.75, 3.05) is 26.2 Å². The number of carbonyl (C=O) groups excluding carboxylic acids is 1. The number of fused-ring (bicyclic) bond motifs is 1. The zero-order chi connectivity index (χ0) is 18.4. The Labute approximate surface area is 161 Å². The number of piperidine rings is 2. The molecule has 2 aromatic heterocycles. The lowest BCUT2D eigenvalue weighted by molar-refractivity contribution is -0.139. The predicted molar refractivity (Wildman–Crippen MR) is 105 cm³/mol. The highest BCUT2D eigenvalue weighted by atomic mass is 16.2. The van der Waals surface area contributed by atoms with Gasteiger partial charge >= 0.3 is 0 Å². The Kier molecular flexibility index (Phi) is 4.23. The summed E-state index contributed by atoms with van der Waals surface area (Å²) in [7, 11) is 0. The standard InChI is InChI=1S/C22H30N4O/c1-17-4-2-11-25-14-19(23-21(17)25)13-24-10-3-8-22(15-24)9-7-20(27)26(16-22)12-18-5-6-18/h2,4,11,14,18H,3,5-10,12-13,15-16H2,1H3/t22-/m1/s1. The fraction of sp³-hybridized carbons (Fsp3) is 0.636. The summed E-state index contributed by atoms with van der Waals surface area (Å²) < 4.78 is 2.14. The number of hydrogen-bond acceptors (Lipinski definition) is 3. The Morgan fingerprint density at radius 1 is 1.26 bits per heavy atom. The molecule has 1 spiro atoms. The van der Waals surface area contributed by atoms with Crippen molar-refractivity contribution in [3.63, 3.8) is 0 Å². The zero-order valence-corrected chi connectivity index (χ0v) is 16.4. The second-order valence-corrected chi connectivity index (χ2v) is 9.19. The van der Waals surface area contributed by atoms with E-state index >= 15 is 0 Å². The number of nitrogens with zero attached hydrogens (tertiary/aromatic N) is 4. The molecule has 2 saturated heterocycles. The lowest BCUT2D eigenvalue weighted by Crippen LogP contribution is -2.54. The van der Waals surface area contributed by atoms with Crippen LogP contribution in [0.1, 0.15) is 49.8 Å². The Morgan fingerprint density at radius 3 is 2.96 bits per heavy atom. The molecular formula is C22H30N4O. The monoisotopic (exact) mass is 366 g/mol. The molecule has 0 aromatic carbocycles. The fourth-order valence-corrected chi connectivity index (χ4v) is 5.17. The van der Waals surface area contributed by atoms with Crippen LogP contribution < -0.4 is 0 Å². The summed E-state index contributed by atoms with van der Waals surface area (Å²) >= 11 is 0. The lowest BCUT2D eigenvalue weighted by atomic mass is 9.73. The van der Waals surface area contributed by atoms with Crippen molar-refractivity contribution in [3.8, 4) is 0 Å². The summed E-state index contributed by atoms with van der Waals surface area (Å²) in [4.78, 5) is 22.0. The Hall–Kier alpha value is -1.88. The van der Waals surface area contributed by atoms with Gasteiger partial charge in [-0.1, -0.05) is 6.07 Å². The minimum atomic E-state index is 0.302. The molecule has 2 aromatic rings. The summed E-state index contributed by atoms with van der Waals surface area (Å²) in [5.74, 6) is 1.17. The van der Waals surface area contributed by atoms with Crippen LogP contribution in [0, 0.1) is 18.3 Å². The number of amides is 1. The average Bonchev–Trinajstić information content (AvgIpc) is 3.36. The first-order chi connectivity index (χ1) is 13.1. The van der Waals surface area contributed by atoms with Crippen LogP contribution in [-0.4, -0.2) is 51.3 Å². The van der Waals surface area contributed by atoms with E-state index in [1.54, 1.807) is 0 Å². The van der Waals surface area contributed by atoms with E-state index in [2.05, 4.69) is 45.7 Å². The molecule has 0 bridgehead atoms. The predicted octanol–water partition coefficient (Wildman–Crippen LogP) is 3.26. The van der Waals surface area contributed by atoms with E-state index in [0.717, 1.165) is 62.8 Å². The minimum absolute atomic E-state index is 0.302. The van der Waals surface area contributed by atoms with E-state index in [-0.39, 0.29) is 0 Å². The average molecular weight is 367 g/mol. The summed E-state index contributed by atoms with van der Waals surface area (Å²) in [6.07, 6.45) is 11.2. The second-order valence-electron chi connectivity index (χ2n) is 9.19. The van der Waals surface area contributed by atoms with Crippen molar-refractivity contribution in [1.82, 2.24) is 19.2 Å². The number of carbonyl (C=O) groups is 1. The van der Waals surface area contributed by atoms with Crippen molar-refractivity contribution < 1.29 is 4.79 Å². The number of rotatable bonds is 4. The van der Waals surface area contributed by atoms with Gasteiger partial charge in [0.15, 0.2) is 0 Å². The maximum Gasteiger partial charge on any atom is 0.222 e. The third-order valence-electron chi connectivity index (χ3n) is 6.78. The van der Waals surface area contributed by atoms with Crippen LogP contribution in [-0.2, 0) is 11.3 Å². The van der Waals surface area contributed by atoms with E-state index in [1.165, 1.54) is 31.2 Å². The van der Waals surface area contributed by atoms with Crippen molar-refractivity contribution in [1.29, 1.82) is 0 Å². The van der Waals surface area contributed by atoms with Gasteiger partial charge in [0.1, 0.15) is 5.65 Å². The Balaban J connectivity index is 1.29. The number of hydrogen-bond donors (Lipinski definition) is 0. The molecular weight excluding hydrogens is 336 g/mol. The van der Waals surface area contributed by atoms with Gasteiger partial charge in [0.05, 0.1) is 5.69 Å². The van der Waals surface area contributed by atoms with Gasteiger partial charge in [-0.05, 0) is 63.1 Å². The molecule has 0 unspecified atom stereocenters. The molecule has 1 aliphatic carbocycles. The third-order valence-corrected chi connectivity index (χ3v) is 6.78. The summed E-state index contributed by atoms with van der Waals surface area (Å²) in [5.41, 5.74) is 3.75. The van der Waals surface area contributed by atoms with Gasteiger partial charge in [0, 0.05) is 50.4 Å². The minimum Gasteiger partial charge on any atom is -0.342 e. The molecule has 1 atom stereocenters. The molecule has 0 radical (unpaired) electrons. The zero-order valence-electron chi connectivity index (χ0n) is 16.4. The van der Waals surface area contributed by atoms with E-state index in [4.69, 9.17) is 4.98 Å². The fourth-order valence-electron chi connectivity index (χ4n) is 5.17. The largest absolute Gasteiger partial charge is 0.342 e. The Morgan fingerprint density at radius 2 is 2.15 bits per heavy atom. The van der Waals surface area contributed by atoms with Crippen LogP contribution in [0.5, 0.6) is 0 Å². The normalized spacial score (nSPS) is 27.0. The summed E-state index contributed by atoms with van der Waals surface area (Å²) in [6, 6.07) is 4.20. The quantitative estimate of drug-likeness (QED) is 0.834. The van der Waals surface area contributed by atoms with Crippen molar-refractivity contribution in [3.05, 3.63) is 35.8 Å². The molecule has 5 heteroatoms. The van der Waals surface area contributed by atoms with Crippen LogP contribution in [0.4, 0.5) is 0 Å². The molecule has 5 rings (SSSR count). The number of aromatic nitrogens is 2. The topological polar surface area (TPSA) is 40.9 Å². The molecule has 3 fully saturated rings. The SMILES string of the molecule is Cc1cccn2cc(CN3CCC[C@@]4(CCC(=O)N(CC5CC5)C4)C3)nc12. The molecule has 0 N–H and O–H groups in total. The van der Waals surface area contributed by atoms with Crippen molar-refractivity contribution in [2.24, 2.45) is 11.3 Å². The highest BCUT2D eigenvalue weighted by Crippen LogP contribution is 2.41. The van der Waals surface area contributed by atoms with Gasteiger partial charge in [-0.2, -0.15) is 0 Å². The summed E-state index contributed by atoms with van der Waals surface area (Å²) in [5, 5.41) is 0. The molecule has 27 heavy (non-hydrogen) atoms. The molecule has 3 aliphatic rings. The number of aryl methyl sites for hydroxylation is 1. The van der Waals surface area contributed by atoms with Crippen LogP contribution >= 0.6 is 0 Å². The molecule has 5 nitrogen and oxygen atoms in total. The highest BCUT2D eigenvalue weighted by Gasteiger charge is 2.42. The maximum absolute atomic E-state index is 12.4. The molecule has 144 valence electrons. The van der Waals surface area contributed by atoms with E-state index < -0.39 is 0 Å². The first-order valence-electron chi connectivity index (χ1n) is 10.5. The van der Waals surface area contributed by atoms with Crippen molar-refractivity contribution >= 4 is 11.6 Å². The number of pyridine rings is 1. The van der Waals surface area contributed by atoms with Gasteiger partial charge in [-0.15, -0.1) is 0 Å². The van der Waals surface area contributed by atoms with Crippen LogP contribution in [0.2, 0.25) is 0 Å². The van der Waals surface area contributed by atoms with Gasteiger partial charge in [0.25, 0.3) is 0 Å². The maximum atomic E-state index is 12.4. The highest BCUT2D eigenvalue weighted by molar-refractivity contribution is 5.77. The first-order valence-corrected chi connectivity index (χ1v) is 10.5.